The third-order valence-electron chi connectivity index (χ3n) is 10.7. The van der Waals surface area contributed by atoms with Gasteiger partial charge in [-0.25, -0.2) is 14.4 Å². The Morgan fingerprint density at radius 2 is 1.92 bits per heavy atom. The molecule has 1 amide bonds. The summed E-state index contributed by atoms with van der Waals surface area (Å²) in [6, 6.07) is 9.62. The van der Waals surface area contributed by atoms with Crippen LogP contribution in [-0.2, 0) is 24.2 Å². The number of aryl methyl sites for hydroxylation is 2. The highest BCUT2D eigenvalue weighted by Crippen LogP contribution is 2.36. The molecular weight excluding hydrogens is 643 g/mol. The summed E-state index contributed by atoms with van der Waals surface area (Å²) in [6.45, 7) is 9.25. The van der Waals surface area contributed by atoms with Crippen LogP contribution in [0.4, 0.5) is 4.39 Å². The van der Waals surface area contributed by atoms with Gasteiger partial charge in [-0.15, -0.1) is 0 Å². The Morgan fingerprint density at radius 3 is 2.65 bits per heavy atom. The molecule has 272 valence electrons. The van der Waals surface area contributed by atoms with Gasteiger partial charge in [0.15, 0.2) is 6.04 Å². The van der Waals surface area contributed by atoms with Gasteiger partial charge in [0.05, 0.1) is 30.7 Å². The molecule has 51 heavy (non-hydrogen) atoms. The highest BCUT2D eigenvalue weighted by Gasteiger charge is 2.34. The molecule has 1 fully saturated rings. The van der Waals surface area contributed by atoms with E-state index in [0.29, 0.717) is 43.0 Å². The van der Waals surface area contributed by atoms with Crippen LogP contribution in [0.1, 0.15) is 101 Å². The Labute approximate surface area is 301 Å². The summed E-state index contributed by atoms with van der Waals surface area (Å²) in [6.07, 6.45) is 15.7. The van der Waals surface area contributed by atoms with E-state index in [1.165, 1.54) is 25.7 Å². The van der Waals surface area contributed by atoms with Crippen LogP contribution in [0.2, 0.25) is 0 Å². The number of nitrogens with zero attached hydrogens (tertiary/aromatic N) is 5. The van der Waals surface area contributed by atoms with Crippen molar-refractivity contribution in [1.82, 2.24) is 24.6 Å². The predicted octanol–water partition coefficient (Wildman–Crippen LogP) is 8.06. The number of ether oxygens (including phenoxy) is 1. The summed E-state index contributed by atoms with van der Waals surface area (Å²) >= 11 is 0. The Morgan fingerprint density at radius 1 is 1.16 bits per heavy atom. The van der Waals surface area contributed by atoms with E-state index in [9.17, 15) is 14.3 Å². The molecular formula is C41H53FN6O3. The third-order valence-corrected chi connectivity index (χ3v) is 10.7. The fourth-order valence-corrected chi connectivity index (χ4v) is 7.81. The number of amidine groups is 1. The van der Waals surface area contributed by atoms with Crippen molar-refractivity contribution in [2.45, 2.75) is 111 Å². The number of amides is 1. The number of aromatic nitrogens is 4. The van der Waals surface area contributed by atoms with Gasteiger partial charge >= 0.3 is 0 Å². The zero-order valence-corrected chi connectivity index (χ0v) is 30.6. The topological polar surface area (TPSA) is 107 Å². The molecule has 0 spiro atoms. The molecule has 0 radical (unpaired) electrons. The van der Waals surface area contributed by atoms with Gasteiger partial charge in [0.1, 0.15) is 17.8 Å². The van der Waals surface area contributed by atoms with E-state index in [0.717, 1.165) is 70.3 Å². The van der Waals surface area contributed by atoms with Gasteiger partial charge in [0.25, 0.3) is 5.91 Å². The van der Waals surface area contributed by atoms with E-state index in [1.807, 2.05) is 38.3 Å². The molecule has 1 saturated carbocycles. The fourth-order valence-electron chi connectivity index (χ4n) is 7.81. The molecule has 0 saturated heterocycles. The molecule has 9 nitrogen and oxygen atoms in total. The molecule has 3 heterocycles. The SMILES string of the molecule is C/C=C\N=C(CC)NC(=O)C(c1ncn2c1C[C@@H](F)C2)n1cc2c(C)cc(-c3ccc(OCCC4CCCCC(CO)CC4)cc3)c(CC)c2n1. The van der Waals surface area contributed by atoms with Gasteiger partial charge in [-0.2, -0.15) is 5.10 Å². The van der Waals surface area contributed by atoms with Crippen LogP contribution in [-0.4, -0.2) is 55.6 Å². The number of aliphatic hydroxyl groups is 1. The van der Waals surface area contributed by atoms with Gasteiger partial charge in [-0.1, -0.05) is 57.4 Å². The lowest BCUT2D eigenvalue weighted by Gasteiger charge is -2.24. The van der Waals surface area contributed by atoms with E-state index >= 15 is 0 Å². The van der Waals surface area contributed by atoms with Crippen LogP contribution in [0.3, 0.4) is 0 Å². The van der Waals surface area contributed by atoms with Crippen molar-refractivity contribution >= 4 is 22.6 Å². The quantitative estimate of drug-likeness (QED) is 0.115. The molecule has 6 rings (SSSR count). The highest BCUT2D eigenvalue weighted by atomic mass is 19.1. The van der Waals surface area contributed by atoms with Crippen molar-refractivity contribution in [3.63, 3.8) is 0 Å². The van der Waals surface area contributed by atoms with Gasteiger partial charge in [-0.3, -0.25) is 9.48 Å². The second-order valence-electron chi connectivity index (χ2n) is 14.2. The first-order valence-electron chi connectivity index (χ1n) is 18.8. The average Bonchev–Trinajstić information content (AvgIpc) is 3.83. The maximum Gasteiger partial charge on any atom is 0.256 e. The molecule has 2 aromatic carbocycles. The second kappa shape index (κ2) is 16.8. The van der Waals surface area contributed by atoms with Crippen LogP contribution in [0.15, 0.2) is 60.1 Å². The molecule has 4 aromatic rings. The lowest BCUT2D eigenvalue weighted by Crippen LogP contribution is -2.38. The number of hydrogen-bond acceptors (Lipinski definition) is 6. The minimum absolute atomic E-state index is 0.210. The first-order valence-corrected chi connectivity index (χ1v) is 18.8. The van der Waals surface area contributed by atoms with Crippen molar-refractivity contribution in [2.24, 2.45) is 16.8 Å². The standard InChI is InChI=1S/C41H53FN6O3/c1-5-19-43-37(7-3)45-41(50)40(39-36-22-31(42)23-47(36)26-44-39)48-24-35-27(4)21-34(33(6-2)38(35)46-48)30-14-16-32(17-15-30)51-20-18-28-10-8-9-11-29(25-49)13-12-28/h5,14-17,19,21,24,26,28-29,31,40,49H,6-13,18,20,22-23,25H2,1-4H3,(H,43,45,50)/b19-5-/t28?,29?,31-,40?/m1/s1. The van der Waals surface area contributed by atoms with Crippen LogP contribution in [0, 0.1) is 18.8 Å². The van der Waals surface area contributed by atoms with Crippen molar-refractivity contribution in [1.29, 1.82) is 0 Å². The Kier molecular flexibility index (Phi) is 12.0. The summed E-state index contributed by atoms with van der Waals surface area (Å²) in [5, 5.41) is 18.7. The Bertz CT molecular complexity index is 1860. The van der Waals surface area contributed by atoms with E-state index in [-0.39, 0.29) is 18.9 Å². The minimum Gasteiger partial charge on any atom is -0.494 e. The lowest BCUT2D eigenvalue weighted by atomic mass is 9.84. The van der Waals surface area contributed by atoms with Crippen molar-refractivity contribution in [3.05, 3.63) is 77.6 Å². The summed E-state index contributed by atoms with van der Waals surface area (Å²) in [7, 11) is 0. The van der Waals surface area contributed by atoms with Crippen molar-refractivity contribution in [3.8, 4) is 16.9 Å². The maximum absolute atomic E-state index is 14.5. The number of nitrogens with one attached hydrogen (secondary N) is 1. The average molecular weight is 697 g/mol. The number of carbonyl (C=O) groups excluding carboxylic acids is 1. The number of alkyl halides is 1. The number of halogens is 1. The van der Waals surface area contributed by atoms with Crippen LogP contribution in [0.5, 0.6) is 5.75 Å². The number of hydrogen-bond donors (Lipinski definition) is 2. The van der Waals surface area contributed by atoms with E-state index < -0.39 is 12.2 Å². The number of aliphatic hydroxyl groups excluding tert-OH is 1. The highest BCUT2D eigenvalue weighted by molar-refractivity contribution is 6.01. The summed E-state index contributed by atoms with van der Waals surface area (Å²) in [4.78, 5) is 23.1. The van der Waals surface area contributed by atoms with Gasteiger partial charge in [-0.05, 0) is 92.2 Å². The molecule has 1 aliphatic heterocycles. The third kappa shape index (κ3) is 8.27. The minimum atomic E-state index is -1.01. The molecule has 4 atom stereocenters. The lowest BCUT2D eigenvalue weighted by molar-refractivity contribution is -0.122. The summed E-state index contributed by atoms with van der Waals surface area (Å²) in [5.74, 6) is 2.19. The van der Waals surface area contributed by atoms with Crippen LogP contribution < -0.4 is 10.1 Å². The second-order valence-corrected chi connectivity index (χ2v) is 14.2. The zero-order chi connectivity index (χ0) is 35.9. The van der Waals surface area contributed by atoms with Crippen LogP contribution >= 0.6 is 0 Å². The molecule has 2 aromatic heterocycles. The molecule has 2 aliphatic rings. The predicted molar refractivity (Wildman–Crippen MR) is 201 cm³/mol. The summed E-state index contributed by atoms with van der Waals surface area (Å²) in [5.41, 5.74) is 6.40. The number of benzene rings is 2. The molecule has 1 aliphatic carbocycles. The number of allylic oxidation sites excluding steroid dienone is 1. The molecule has 3 unspecified atom stereocenters. The monoisotopic (exact) mass is 696 g/mol. The number of imidazole rings is 1. The Balaban J connectivity index is 1.26. The molecule has 2 N–H and O–H groups in total. The largest absolute Gasteiger partial charge is 0.494 e. The van der Waals surface area contributed by atoms with E-state index in [2.05, 4.69) is 47.3 Å². The smallest absolute Gasteiger partial charge is 0.256 e. The zero-order valence-electron chi connectivity index (χ0n) is 30.6. The first-order chi connectivity index (χ1) is 24.8. The normalized spacial score (nSPS) is 20.4. The van der Waals surface area contributed by atoms with Gasteiger partial charge < -0.3 is 19.7 Å². The molecule has 10 heteroatoms. The molecule has 0 bridgehead atoms. The number of carbonyl (C=O) groups is 1. The first kappa shape index (κ1) is 36.5. The van der Waals surface area contributed by atoms with Gasteiger partial charge in [0.2, 0.25) is 0 Å². The van der Waals surface area contributed by atoms with E-state index in [4.69, 9.17) is 9.84 Å². The maximum atomic E-state index is 14.5. The van der Waals surface area contributed by atoms with Gasteiger partial charge in [0, 0.05) is 42.9 Å². The Hall–Kier alpha value is -4.31. The number of fused-ring (bicyclic) bond motifs is 2. The van der Waals surface area contributed by atoms with E-state index in [1.54, 1.807) is 21.8 Å². The fraction of sp³-hybridized carbons (Fsp3) is 0.512. The number of aliphatic imine (C=N–C) groups is 1. The van der Waals surface area contributed by atoms with Crippen molar-refractivity contribution < 1.29 is 19.0 Å². The van der Waals surface area contributed by atoms with Crippen LogP contribution in [0.25, 0.3) is 22.0 Å². The summed E-state index contributed by atoms with van der Waals surface area (Å²) < 4.78 is 24.2. The van der Waals surface area contributed by atoms with Crippen molar-refractivity contribution in [2.75, 3.05) is 13.2 Å². The number of rotatable bonds is 12.